The van der Waals surface area contributed by atoms with Crippen LogP contribution in [0.4, 0.5) is 5.69 Å². The van der Waals surface area contributed by atoms with Crippen LogP contribution in [0, 0.1) is 5.92 Å². The molecule has 0 unspecified atom stereocenters. The number of carbonyl (C=O) groups is 1. The van der Waals surface area contributed by atoms with Gasteiger partial charge in [0.2, 0.25) is 0 Å². The highest BCUT2D eigenvalue weighted by atomic mass is 35.5. The summed E-state index contributed by atoms with van der Waals surface area (Å²) in [7, 11) is 0. The fraction of sp³-hybridized carbons (Fsp3) is 0.312. The highest BCUT2D eigenvalue weighted by Gasteiger charge is 2.27. The van der Waals surface area contributed by atoms with Gasteiger partial charge < -0.3 is 15.8 Å². The lowest BCUT2D eigenvalue weighted by molar-refractivity contribution is 0.0927. The maximum absolute atomic E-state index is 12.6. The summed E-state index contributed by atoms with van der Waals surface area (Å²) in [5.74, 6) is -0.0189. The molecule has 0 radical (unpaired) electrons. The van der Waals surface area contributed by atoms with Crippen LogP contribution < -0.4 is 11.1 Å². The molecule has 3 heterocycles. The van der Waals surface area contributed by atoms with E-state index in [1.165, 1.54) is 6.07 Å². The number of aromatic nitrogens is 2. The minimum Gasteiger partial charge on any atom is -0.396 e. The molecule has 0 bridgehead atoms. The van der Waals surface area contributed by atoms with Crippen molar-refractivity contribution in [1.29, 1.82) is 0 Å². The minimum absolute atomic E-state index is 0.0318. The van der Waals surface area contributed by atoms with Crippen molar-refractivity contribution < 1.29 is 9.53 Å². The molecule has 3 rings (SSSR count). The number of hydrogen-bond acceptors (Lipinski definition) is 5. The van der Waals surface area contributed by atoms with Crippen LogP contribution in [0.3, 0.4) is 0 Å². The molecule has 1 aliphatic rings. The van der Waals surface area contributed by atoms with Gasteiger partial charge in [0, 0.05) is 23.9 Å². The molecule has 2 aromatic heterocycles. The van der Waals surface area contributed by atoms with E-state index in [0.717, 1.165) is 0 Å². The molecule has 1 aliphatic heterocycles. The molecule has 1 saturated heterocycles. The first-order valence-electron chi connectivity index (χ1n) is 7.31. The van der Waals surface area contributed by atoms with E-state index in [4.69, 9.17) is 22.1 Å². The number of pyridine rings is 2. The average Bonchev–Trinajstić information content (AvgIpc) is 2.95. The van der Waals surface area contributed by atoms with Crippen molar-refractivity contribution in [2.75, 3.05) is 18.9 Å². The van der Waals surface area contributed by atoms with Crippen LogP contribution in [-0.4, -0.2) is 35.1 Å². The van der Waals surface area contributed by atoms with E-state index in [2.05, 4.69) is 15.3 Å². The van der Waals surface area contributed by atoms with Crippen molar-refractivity contribution in [3.05, 3.63) is 41.3 Å². The van der Waals surface area contributed by atoms with Crippen molar-refractivity contribution in [1.82, 2.24) is 15.3 Å². The van der Waals surface area contributed by atoms with E-state index >= 15 is 0 Å². The summed E-state index contributed by atoms with van der Waals surface area (Å²) >= 11 is 6.07. The van der Waals surface area contributed by atoms with Gasteiger partial charge in [-0.25, -0.2) is 4.98 Å². The molecule has 3 N–H and O–H groups in total. The Bertz CT molecular complexity index is 724. The molecule has 2 atom stereocenters. The molecule has 1 amide bonds. The monoisotopic (exact) mass is 332 g/mol. The number of amides is 1. The molecule has 0 aromatic carbocycles. The Balaban J connectivity index is 1.93. The lowest BCUT2D eigenvalue weighted by Gasteiger charge is -2.17. The van der Waals surface area contributed by atoms with Gasteiger partial charge in [0.25, 0.3) is 5.91 Å². The van der Waals surface area contributed by atoms with Crippen LogP contribution in [0.5, 0.6) is 0 Å². The zero-order valence-electron chi connectivity index (χ0n) is 12.6. The van der Waals surface area contributed by atoms with Gasteiger partial charge in [-0.2, -0.15) is 0 Å². The number of nitrogens with two attached hydrogens (primary N) is 1. The van der Waals surface area contributed by atoms with Crippen LogP contribution in [-0.2, 0) is 4.74 Å². The number of nitrogens with one attached hydrogen (secondary N) is 1. The van der Waals surface area contributed by atoms with Crippen molar-refractivity contribution in [2.45, 2.75) is 13.0 Å². The summed E-state index contributed by atoms with van der Waals surface area (Å²) in [6, 6.07) is 5.04. The third-order valence-corrected chi connectivity index (χ3v) is 4.08. The lowest BCUT2D eigenvalue weighted by Crippen LogP contribution is -2.39. The number of rotatable bonds is 3. The van der Waals surface area contributed by atoms with Crippen LogP contribution >= 0.6 is 11.6 Å². The molecule has 0 spiro atoms. The van der Waals surface area contributed by atoms with Gasteiger partial charge in [0.1, 0.15) is 5.15 Å². The van der Waals surface area contributed by atoms with Gasteiger partial charge in [0.05, 0.1) is 36.2 Å². The smallest absolute Gasteiger partial charge is 0.253 e. The third-order valence-electron chi connectivity index (χ3n) is 3.89. The lowest BCUT2D eigenvalue weighted by atomic mass is 10.0. The van der Waals surface area contributed by atoms with Gasteiger partial charge in [0.15, 0.2) is 0 Å². The standard InChI is InChI=1S/C16H17ClN4O2/c1-9-7-23-8-12(9)20-16(22)11-5-13(17)21-15(14(11)18)10-3-2-4-19-6-10/h2-6,9,12H,7-8,18H2,1H3,(H,20,22)/t9-,12-/m1/s1. The number of anilines is 1. The van der Waals surface area contributed by atoms with Gasteiger partial charge in [-0.05, 0) is 18.2 Å². The Labute approximate surface area is 139 Å². The molecule has 2 aromatic rings. The largest absolute Gasteiger partial charge is 0.396 e. The first-order valence-corrected chi connectivity index (χ1v) is 7.69. The summed E-state index contributed by atoms with van der Waals surface area (Å²) in [5.41, 5.74) is 7.90. The number of carbonyl (C=O) groups excluding carboxylic acids is 1. The summed E-state index contributed by atoms with van der Waals surface area (Å²) in [4.78, 5) is 20.8. The Morgan fingerprint density at radius 3 is 2.96 bits per heavy atom. The number of nitrogen functional groups attached to an aromatic ring is 1. The van der Waals surface area contributed by atoms with E-state index < -0.39 is 0 Å². The van der Waals surface area contributed by atoms with Crippen LogP contribution in [0.2, 0.25) is 5.15 Å². The predicted molar refractivity (Wildman–Crippen MR) is 88.1 cm³/mol. The zero-order chi connectivity index (χ0) is 16.4. The molecule has 120 valence electrons. The third kappa shape index (κ3) is 3.28. The predicted octanol–water partition coefficient (Wildman–Crippen LogP) is 2.14. The quantitative estimate of drug-likeness (QED) is 0.840. The summed E-state index contributed by atoms with van der Waals surface area (Å²) < 4.78 is 5.36. The first-order chi connectivity index (χ1) is 11.1. The van der Waals surface area contributed by atoms with Crippen LogP contribution in [0.25, 0.3) is 11.3 Å². The van der Waals surface area contributed by atoms with Gasteiger partial charge in [-0.15, -0.1) is 0 Å². The van der Waals surface area contributed by atoms with Gasteiger partial charge >= 0.3 is 0 Å². The maximum Gasteiger partial charge on any atom is 0.253 e. The Kier molecular flexibility index (Phi) is 4.45. The number of hydrogen-bond donors (Lipinski definition) is 2. The van der Waals surface area contributed by atoms with E-state index in [1.54, 1.807) is 18.5 Å². The van der Waals surface area contributed by atoms with E-state index in [1.807, 2.05) is 13.0 Å². The van der Waals surface area contributed by atoms with Crippen molar-refractivity contribution in [3.8, 4) is 11.3 Å². The van der Waals surface area contributed by atoms with Crippen molar-refractivity contribution in [3.63, 3.8) is 0 Å². The Morgan fingerprint density at radius 1 is 1.48 bits per heavy atom. The van der Waals surface area contributed by atoms with E-state index in [9.17, 15) is 4.79 Å². The minimum atomic E-state index is -0.278. The average molecular weight is 333 g/mol. The fourth-order valence-corrected chi connectivity index (χ4v) is 2.72. The molecular weight excluding hydrogens is 316 g/mol. The molecule has 0 saturated carbocycles. The highest BCUT2D eigenvalue weighted by Crippen LogP contribution is 2.29. The molecule has 7 heteroatoms. The number of nitrogens with zero attached hydrogens (tertiary/aromatic N) is 2. The van der Waals surface area contributed by atoms with E-state index in [0.29, 0.717) is 30.0 Å². The molecule has 6 nitrogen and oxygen atoms in total. The SMILES string of the molecule is C[C@@H]1COC[C@H]1NC(=O)c1cc(Cl)nc(-c2cccnc2)c1N. The van der Waals surface area contributed by atoms with Crippen LogP contribution in [0.1, 0.15) is 17.3 Å². The Hall–Kier alpha value is -2.18. The molecule has 23 heavy (non-hydrogen) atoms. The zero-order valence-corrected chi connectivity index (χ0v) is 13.4. The van der Waals surface area contributed by atoms with Gasteiger partial charge in [-0.1, -0.05) is 18.5 Å². The second-order valence-electron chi connectivity index (χ2n) is 5.59. The van der Waals surface area contributed by atoms with Crippen molar-refractivity contribution >= 4 is 23.2 Å². The second-order valence-corrected chi connectivity index (χ2v) is 5.98. The summed E-state index contributed by atoms with van der Waals surface area (Å²) in [6.45, 7) is 3.17. The Morgan fingerprint density at radius 2 is 2.30 bits per heavy atom. The van der Waals surface area contributed by atoms with Crippen LogP contribution in [0.15, 0.2) is 30.6 Å². The highest BCUT2D eigenvalue weighted by molar-refractivity contribution is 6.30. The molecule has 1 fully saturated rings. The number of halogens is 1. The summed E-state index contributed by atoms with van der Waals surface area (Å²) in [6.07, 6.45) is 3.28. The summed E-state index contributed by atoms with van der Waals surface area (Å²) in [5, 5.41) is 3.15. The molecular formula is C16H17ClN4O2. The second kappa shape index (κ2) is 6.52. The maximum atomic E-state index is 12.6. The van der Waals surface area contributed by atoms with E-state index in [-0.39, 0.29) is 28.7 Å². The van der Waals surface area contributed by atoms with Crippen molar-refractivity contribution in [2.24, 2.45) is 5.92 Å². The number of ether oxygens (including phenoxy) is 1. The normalized spacial score (nSPS) is 20.4. The van der Waals surface area contributed by atoms with Gasteiger partial charge in [-0.3, -0.25) is 9.78 Å². The fourth-order valence-electron chi connectivity index (χ4n) is 2.53. The first kappa shape index (κ1) is 15.7. The topological polar surface area (TPSA) is 90.1 Å². The molecule has 0 aliphatic carbocycles.